The number of hydrogen-bond donors (Lipinski definition) is 3. The van der Waals surface area contributed by atoms with Gasteiger partial charge in [0.1, 0.15) is 5.75 Å². The van der Waals surface area contributed by atoms with Gasteiger partial charge in [0.2, 0.25) is 0 Å². The van der Waals surface area contributed by atoms with Gasteiger partial charge in [-0.05, 0) is 26.8 Å². The van der Waals surface area contributed by atoms with Gasteiger partial charge in [0.05, 0.1) is 12.1 Å². The first-order valence-electron chi connectivity index (χ1n) is 6.02. The van der Waals surface area contributed by atoms with Crippen LogP contribution in [0.15, 0.2) is 18.2 Å². The van der Waals surface area contributed by atoms with E-state index in [1.54, 1.807) is 19.1 Å². The number of nitrogens with two attached hydrogens (primary N) is 1. The van der Waals surface area contributed by atoms with Gasteiger partial charge < -0.3 is 20.8 Å². The van der Waals surface area contributed by atoms with E-state index in [0.717, 1.165) is 18.8 Å². The molecule has 2 atom stereocenters. The van der Waals surface area contributed by atoms with Crippen molar-refractivity contribution in [2.75, 3.05) is 18.0 Å². The third-order valence-electron chi connectivity index (χ3n) is 3.02. The Bertz CT molecular complexity index is 362. The van der Waals surface area contributed by atoms with Gasteiger partial charge in [-0.3, -0.25) is 0 Å². The molecule has 0 spiro atoms. The number of anilines is 1. The first kappa shape index (κ1) is 13.8. The fraction of sp³-hybridized carbons (Fsp3) is 0.538. The van der Waals surface area contributed by atoms with Crippen LogP contribution in [-0.2, 0) is 0 Å². The minimum absolute atomic E-state index is 0.141. The van der Waals surface area contributed by atoms with E-state index < -0.39 is 12.1 Å². The largest absolute Gasteiger partial charge is 0.508 e. The van der Waals surface area contributed by atoms with E-state index in [4.69, 9.17) is 5.73 Å². The third kappa shape index (κ3) is 3.11. The molecule has 0 bridgehead atoms. The van der Waals surface area contributed by atoms with Gasteiger partial charge in [0.15, 0.2) is 0 Å². The molecule has 0 amide bonds. The molecule has 4 N–H and O–H groups in total. The number of hydrogen-bond acceptors (Lipinski definition) is 4. The van der Waals surface area contributed by atoms with E-state index in [2.05, 4.69) is 18.7 Å². The molecule has 1 aromatic rings. The number of phenolic OH excluding ortho intramolecular Hbond substituents is 1. The van der Waals surface area contributed by atoms with Crippen LogP contribution in [0.2, 0.25) is 0 Å². The molecule has 1 aromatic carbocycles. The van der Waals surface area contributed by atoms with Crippen molar-refractivity contribution < 1.29 is 10.2 Å². The normalized spacial score (nSPS) is 14.4. The summed E-state index contributed by atoms with van der Waals surface area (Å²) in [7, 11) is 0. The predicted octanol–water partition coefficient (Wildman–Crippen LogP) is 1.62. The quantitative estimate of drug-likeness (QED) is 0.729. The monoisotopic (exact) mass is 238 g/mol. The van der Waals surface area contributed by atoms with Crippen LogP contribution >= 0.6 is 0 Å². The maximum Gasteiger partial charge on any atom is 0.122 e. The number of benzene rings is 1. The van der Waals surface area contributed by atoms with Crippen molar-refractivity contribution in [3.05, 3.63) is 23.8 Å². The summed E-state index contributed by atoms with van der Waals surface area (Å²) in [6.45, 7) is 7.52. The number of aliphatic hydroxyl groups excluding tert-OH is 1. The molecular formula is C13H22N2O2. The summed E-state index contributed by atoms with van der Waals surface area (Å²) >= 11 is 0. The molecule has 0 fully saturated rings. The van der Waals surface area contributed by atoms with Crippen LogP contribution in [0.5, 0.6) is 5.75 Å². The summed E-state index contributed by atoms with van der Waals surface area (Å²) in [6.07, 6.45) is -0.680. The molecule has 0 aliphatic rings. The van der Waals surface area contributed by atoms with Crippen molar-refractivity contribution in [1.29, 1.82) is 0 Å². The van der Waals surface area contributed by atoms with Crippen LogP contribution in [0.4, 0.5) is 5.69 Å². The van der Waals surface area contributed by atoms with Crippen molar-refractivity contribution in [2.45, 2.75) is 32.9 Å². The molecule has 4 heteroatoms. The lowest BCUT2D eigenvalue weighted by Gasteiger charge is -2.23. The summed E-state index contributed by atoms with van der Waals surface area (Å²) in [5.41, 5.74) is 7.35. The fourth-order valence-electron chi connectivity index (χ4n) is 1.86. The average molecular weight is 238 g/mol. The Morgan fingerprint density at radius 3 is 2.29 bits per heavy atom. The van der Waals surface area contributed by atoms with E-state index in [9.17, 15) is 10.2 Å². The highest BCUT2D eigenvalue weighted by Crippen LogP contribution is 2.29. The highest BCUT2D eigenvalue weighted by molar-refractivity contribution is 5.54. The zero-order valence-corrected chi connectivity index (χ0v) is 10.7. The van der Waals surface area contributed by atoms with Gasteiger partial charge in [-0.25, -0.2) is 0 Å². The second kappa shape index (κ2) is 5.89. The molecule has 4 nitrogen and oxygen atoms in total. The number of nitrogens with zero attached hydrogens (tertiary/aromatic N) is 1. The first-order valence-corrected chi connectivity index (χ1v) is 6.02. The van der Waals surface area contributed by atoms with Crippen molar-refractivity contribution in [1.82, 2.24) is 0 Å². The average Bonchev–Trinajstić information content (AvgIpc) is 2.30. The van der Waals surface area contributed by atoms with Crippen LogP contribution in [0.3, 0.4) is 0 Å². The lowest BCUT2D eigenvalue weighted by atomic mass is 10.0. The zero-order chi connectivity index (χ0) is 13.0. The minimum atomic E-state index is -0.680. The van der Waals surface area contributed by atoms with Crippen LogP contribution in [0, 0.1) is 0 Å². The summed E-state index contributed by atoms with van der Waals surface area (Å²) in [5.74, 6) is 0.141. The molecular weight excluding hydrogens is 216 g/mol. The standard InChI is InChI=1S/C13H22N2O2/c1-4-15(5-2)10-6-7-11(12(17)8-10)13(14)9(3)16/h6-9,13,16-17H,4-5,14H2,1-3H3/t9-,13-/m0/s1. The summed E-state index contributed by atoms with van der Waals surface area (Å²) < 4.78 is 0. The molecule has 0 aliphatic carbocycles. The molecule has 0 radical (unpaired) electrons. The second-order valence-electron chi connectivity index (χ2n) is 4.18. The first-order chi connectivity index (χ1) is 8.01. The van der Waals surface area contributed by atoms with E-state index in [0.29, 0.717) is 5.56 Å². The Balaban J connectivity index is 3.01. The minimum Gasteiger partial charge on any atom is -0.508 e. The number of phenols is 1. The Morgan fingerprint density at radius 1 is 1.29 bits per heavy atom. The summed E-state index contributed by atoms with van der Waals surface area (Å²) in [5, 5.41) is 19.4. The molecule has 1 rings (SSSR count). The van der Waals surface area contributed by atoms with Crippen LogP contribution in [0.25, 0.3) is 0 Å². The maximum absolute atomic E-state index is 9.93. The number of aromatic hydroxyl groups is 1. The number of aliphatic hydroxyl groups is 1. The van der Waals surface area contributed by atoms with Gasteiger partial charge >= 0.3 is 0 Å². The molecule has 0 aromatic heterocycles. The molecule has 0 aliphatic heterocycles. The van der Waals surface area contributed by atoms with Gasteiger partial charge in [-0.2, -0.15) is 0 Å². The third-order valence-corrected chi connectivity index (χ3v) is 3.02. The van der Waals surface area contributed by atoms with E-state index in [1.807, 2.05) is 6.07 Å². The van der Waals surface area contributed by atoms with E-state index in [1.165, 1.54) is 0 Å². The molecule has 17 heavy (non-hydrogen) atoms. The summed E-state index contributed by atoms with van der Waals surface area (Å²) in [4.78, 5) is 2.14. The van der Waals surface area contributed by atoms with Crippen LogP contribution in [0.1, 0.15) is 32.4 Å². The lowest BCUT2D eigenvalue weighted by molar-refractivity contribution is 0.163. The highest BCUT2D eigenvalue weighted by Gasteiger charge is 2.16. The molecule has 0 saturated carbocycles. The maximum atomic E-state index is 9.93. The Labute approximate surface area is 103 Å². The van der Waals surface area contributed by atoms with Gasteiger partial charge in [0, 0.05) is 30.4 Å². The smallest absolute Gasteiger partial charge is 0.122 e. The van der Waals surface area contributed by atoms with Gasteiger partial charge in [0.25, 0.3) is 0 Å². The Hall–Kier alpha value is -1.26. The Kier molecular flexibility index (Phi) is 4.78. The lowest BCUT2D eigenvalue weighted by Crippen LogP contribution is -2.24. The molecule has 0 heterocycles. The molecule has 0 unspecified atom stereocenters. The van der Waals surface area contributed by atoms with Crippen molar-refractivity contribution in [3.63, 3.8) is 0 Å². The van der Waals surface area contributed by atoms with Crippen molar-refractivity contribution >= 4 is 5.69 Å². The van der Waals surface area contributed by atoms with Crippen LogP contribution < -0.4 is 10.6 Å². The van der Waals surface area contributed by atoms with Gasteiger partial charge in [-0.15, -0.1) is 0 Å². The molecule has 0 saturated heterocycles. The predicted molar refractivity (Wildman–Crippen MR) is 70.3 cm³/mol. The van der Waals surface area contributed by atoms with Crippen molar-refractivity contribution in [2.24, 2.45) is 5.73 Å². The number of rotatable bonds is 5. The topological polar surface area (TPSA) is 69.7 Å². The van der Waals surface area contributed by atoms with E-state index >= 15 is 0 Å². The second-order valence-corrected chi connectivity index (χ2v) is 4.18. The fourth-order valence-corrected chi connectivity index (χ4v) is 1.86. The Morgan fingerprint density at radius 2 is 1.88 bits per heavy atom. The van der Waals surface area contributed by atoms with Gasteiger partial charge in [-0.1, -0.05) is 6.07 Å². The molecule has 96 valence electrons. The van der Waals surface area contributed by atoms with Crippen molar-refractivity contribution in [3.8, 4) is 5.75 Å². The highest BCUT2D eigenvalue weighted by atomic mass is 16.3. The van der Waals surface area contributed by atoms with E-state index in [-0.39, 0.29) is 5.75 Å². The zero-order valence-electron chi connectivity index (χ0n) is 10.7. The SMILES string of the molecule is CCN(CC)c1ccc([C@@H](N)[C@H](C)O)c(O)c1. The summed E-state index contributed by atoms with van der Waals surface area (Å²) in [6, 6.07) is 4.84. The van der Waals surface area contributed by atoms with Crippen LogP contribution in [-0.4, -0.2) is 29.4 Å².